The van der Waals surface area contributed by atoms with Gasteiger partial charge in [-0.25, -0.2) is 4.39 Å². The Balaban J connectivity index is 1.73. The standard InChI is InChI=1S/C13H14FN3/c14-12-3-1-2-11-10(12)4-5-13(11)15-6-9-7-16-17-8-9/h1-3,7-8,13,15H,4-6H2,(H,16,17). The first-order valence-corrected chi connectivity index (χ1v) is 5.83. The number of rotatable bonds is 3. The number of aromatic amines is 1. The maximum Gasteiger partial charge on any atom is 0.126 e. The van der Waals surface area contributed by atoms with E-state index in [0.29, 0.717) is 0 Å². The minimum Gasteiger partial charge on any atom is -0.306 e. The van der Waals surface area contributed by atoms with Crippen LogP contribution in [0.25, 0.3) is 0 Å². The Morgan fingerprint density at radius 1 is 1.47 bits per heavy atom. The van der Waals surface area contributed by atoms with E-state index in [9.17, 15) is 4.39 Å². The van der Waals surface area contributed by atoms with Gasteiger partial charge in [-0.3, -0.25) is 5.10 Å². The Morgan fingerprint density at radius 2 is 2.41 bits per heavy atom. The van der Waals surface area contributed by atoms with Gasteiger partial charge in [-0.15, -0.1) is 0 Å². The average Bonchev–Trinajstić information content (AvgIpc) is 2.95. The van der Waals surface area contributed by atoms with E-state index < -0.39 is 0 Å². The molecule has 1 aliphatic rings. The maximum absolute atomic E-state index is 13.5. The second kappa shape index (κ2) is 4.30. The summed E-state index contributed by atoms with van der Waals surface area (Å²) in [6.07, 6.45) is 5.46. The topological polar surface area (TPSA) is 40.7 Å². The van der Waals surface area contributed by atoms with Crippen molar-refractivity contribution in [3.63, 3.8) is 0 Å². The van der Waals surface area contributed by atoms with Gasteiger partial charge in [0.05, 0.1) is 6.20 Å². The van der Waals surface area contributed by atoms with Crippen molar-refractivity contribution in [1.29, 1.82) is 0 Å². The quantitative estimate of drug-likeness (QED) is 0.851. The van der Waals surface area contributed by atoms with Crippen molar-refractivity contribution in [3.05, 3.63) is 53.1 Å². The van der Waals surface area contributed by atoms with Crippen LogP contribution in [-0.2, 0) is 13.0 Å². The fraction of sp³-hybridized carbons (Fsp3) is 0.308. The molecule has 0 bridgehead atoms. The van der Waals surface area contributed by atoms with Crippen LogP contribution in [-0.4, -0.2) is 10.2 Å². The smallest absolute Gasteiger partial charge is 0.126 e. The summed E-state index contributed by atoms with van der Waals surface area (Å²) in [4.78, 5) is 0. The third-order valence-electron chi connectivity index (χ3n) is 3.32. The Bertz CT molecular complexity index is 507. The highest BCUT2D eigenvalue weighted by atomic mass is 19.1. The molecule has 0 aliphatic heterocycles. The number of nitrogens with one attached hydrogen (secondary N) is 2. The summed E-state index contributed by atoms with van der Waals surface area (Å²) in [7, 11) is 0. The molecule has 1 unspecified atom stereocenters. The van der Waals surface area contributed by atoms with Crippen LogP contribution in [0.3, 0.4) is 0 Å². The first-order chi connectivity index (χ1) is 8.34. The molecule has 1 heterocycles. The first kappa shape index (κ1) is 10.5. The molecule has 3 nitrogen and oxygen atoms in total. The molecule has 0 saturated carbocycles. The number of benzene rings is 1. The molecule has 2 aromatic rings. The Kier molecular flexibility index (Phi) is 2.65. The van der Waals surface area contributed by atoms with Gasteiger partial charge in [-0.2, -0.15) is 5.10 Å². The zero-order valence-electron chi connectivity index (χ0n) is 9.41. The van der Waals surface area contributed by atoms with E-state index in [2.05, 4.69) is 15.5 Å². The van der Waals surface area contributed by atoms with Crippen molar-refractivity contribution < 1.29 is 4.39 Å². The number of hydrogen-bond donors (Lipinski definition) is 2. The average molecular weight is 231 g/mol. The van der Waals surface area contributed by atoms with Gasteiger partial charge in [-0.05, 0) is 30.0 Å². The molecular weight excluding hydrogens is 217 g/mol. The normalized spacial score (nSPS) is 18.3. The van der Waals surface area contributed by atoms with Gasteiger partial charge in [0.1, 0.15) is 5.82 Å². The van der Waals surface area contributed by atoms with Crippen LogP contribution in [0.15, 0.2) is 30.6 Å². The van der Waals surface area contributed by atoms with Crippen LogP contribution in [0, 0.1) is 5.82 Å². The van der Waals surface area contributed by atoms with Crippen LogP contribution in [0.4, 0.5) is 4.39 Å². The van der Waals surface area contributed by atoms with Crippen LogP contribution >= 0.6 is 0 Å². The predicted molar refractivity (Wildman–Crippen MR) is 62.9 cm³/mol. The van der Waals surface area contributed by atoms with E-state index in [1.807, 2.05) is 12.3 Å². The summed E-state index contributed by atoms with van der Waals surface area (Å²) < 4.78 is 13.5. The molecule has 0 saturated heterocycles. The van der Waals surface area contributed by atoms with Crippen molar-refractivity contribution in [1.82, 2.24) is 15.5 Å². The number of hydrogen-bond acceptors (Lipinski definition) is 2. The zero-order chi connectivity index (χ0) is 11.7. The molecule has 0 spiro atoms. The number of fused-ring (bicyclic) bond motifs is 1. The molecule has 17 heavy (non-hydrogen) atoms. The van der Waals surface area contributed by atoms with Crippen molar-refractivity contribution in [3.8, 4) is 0 Å². The van der Waals surface area contributed by atoms with Crippen molar-refractivity contribution in [2.75, 3.05) is 0 Å². The Labute approximate surface area is 99.1 Å². The molecule has 0 radical (unpaired) electrons. The second-order valence-corrected chi connectivity index (χ2v) is 4.39. The molecule has 88 valence electrons. The first-order valence-electron chi connectivity index (χ1n) is 5.83. The summed E-state index contributed by atoms with van der Waals surface area (Å²) in [6.45, 7) is 0.761. The molecule has 1 aliphatic carbocycles. The summed E-state index contributed by atoms with van der Waals surface area (Å²) in [6, 6.07) is 5.59. The van der Waals surface area contributed by atoms with Gasteiger partial charge >= 0.3 is 0 Å². The summed E-state index contributed by atoms with van der Waals surface area (Å²) in [5, 5.41) is 10.1. The lowest BCUT2D eigenvalue weighted by atomic mass is 10.1. The third kappa shape index (κ3) is 1.96. The largest absolute Gasteiger partial charge is 0.306 e. The Hall–Kier alpha value is -1.68. The van der Waals surface area contributed by atoms with Gasteiger partial charge in [-0.1, -0.05) is 12.1 Å². The van der Waals surface area contributed by atoms with E-state index in [1.54, 1.807) is 12.3 Å². The Morgan fingerprint density at radius 3 is 3.24 bits per heavy atom. The van der Waals surface area contributed by atoms with E-state index >= 15 is 0 Å². The SMILES string of the molecule is Fc1cccc2c1CCC2NCc1cn[nH]c1. The number of aromatic nitrogens is 2. The van der Waals surface area contributed by atoms with Crippen molar-refractivity contribution >= 4 is 0 Å². The molecule has 1 atom stereocenters. The maximum atomic E-state index is 13.5. The molecular formula is C13H14FN3. The van der Waals surface area contributed by atoms with Crippen LogP contribution < -0.4 is 5.32 Å². The lowest BCUT2D eigenvalue weighted by Gasteiger charge is -2.13. The van der Waals surface area contributed by atoms with Crippen LogP contribution in [0.5, 0.6) is 0 Å². The third-order valence-corrected chi connectivity index (χ3v) is 3.32. The van der Waals surface area contributed by atoms with Gasteiger partial charge in [0.25, 0.3) is 0 Å². The zero-order valence-corrected chi connectivity index (χ0v) is 9.41. The monoisotopic (exact) mass is 231 g/mol. The molecule has 1 aromatic heterocycles. The number of nitrogens with zero attached hydrogens (tertiary/aromatic N) is 1. The van der Waals surface area contributed by atoms with E-state index in [-0.39, 0.29) is 11.9 Å². The van der Waals surface area contributed by atoms with E-state index in [4.69, 9.17) is 0 Å². The van der Waals surface area contributed by atoms with E-state index in [0.717, 1.165) is 36.1 Å². The lowest BCUT2D eigenvalue weighted by Crippen LogP contribution is -2.18. The lowest BCUT2D eigenvalue weighted by molar-refractivity contribution is 0.530. The predicted octanol–water partition coefficient (Wildman–Crippen LogP) is 2.33. The molecule has 2 N–H and O–H groups in total. The molecule has 0 fully saturated rings. The molecule has 0 amide bonds. The van der Waals surface area contributed by atoms with Crippen LogP contribution in [0.2, 0.25) is 0 Å². The van der Waals surface area contributed by atoms with Crippen LogP contribution in [0.1, 0.15) is 29.2 Å². The minimum absolute atomic E-state index is 0.0740. The van der Waals surface area contributed by atoms with Gasteiger partial charge < -0.3 is 5.32 Å². The summed E-state index contributed by atoms with van der Waals surface area (Å²) in [5.74, 6) is -0.0740. The highest BCUT2D eigenvalue weighted by Gasteiger charge is 2.24. The highest BCUT2D eigenvalue weighted by molar-refractivity contribution is 5.35. The van der Waals surface area contributed by atoms with Gasteiger partial charge in [0.15, 0.2) is 0 Å². The second-order valence-electron chi connectivity index (χ2n) is 4.39. The molecule has 1 aromatic carbocycles. The van der Waals surface area contributed by atoms with Crippen molar-refractivity contribution in [2.24, 2.45) is 0 Å². The minimum atomic E-state index is -0.0740. The number of halogens is 1. The van der Waals surface area contributed by atoms with E-state index in [1.165, 1.54) is 6.07 Å². The summed E-state index contributed by atoms with van der Waals surface area (Å²) >= 11 is 0. The van der Waals surface area contributed by atoms with Gasteiger partial charge in [0.2, 0.25) is 0 Å². The molecule has 3 rings (SSSR count). The molecule has 4 heteroatoms. The summed E-state index contributed by atoms with van der Waals surface area (Å²) in [5.41, 5.74) is 3.10. The fourth-order valence-electron chi connectivity index (χ4n) is 2.44. The number of H-pyrrole nitrogens is 1. The fourth-order valence-corrected chi connectivity index (χ4v) is 2.44. The highest BCUT2D eigenvalue weighted by Crippen LogP contribution is 2.32. The van der Waals surface area contributed by atoms with Gasteiger partial charge in [0, 0.05) is 24.3 Å². The van der Waals surface area contributed by atoms with Crippen molar-refractivity contribution in [2.45, 2.75) is 25.4 Å².